The zero-order valence-corrected chi connectivity index (χ0v) is 17.7. The van der Waals surface area contributed by atoms with Gasteiger partial charge in [0, 0.05) is 24.7 Å². The molecule has 0 fully saturated rings. The van der Waals surface area contributed by atoms with Gasteiger partial charge in [0.15, 0.2) is 0 Å². The van der Waals surface area contributed by atoms with Crippen LogP contribution in [0.4, 0.5) is 5.69 Å². The van der Waals surface area contributed by atoms with Crippen LogP contribution in [0.15, 0.2) is 58.2 Å². The summed E-state index contributed by atoms with van der Waals surface area (Å²) >= 11 is 0. The molecule has 0 aliphatic heterocycles. The summed E-state index contributed by atoms with van der Waals surface area (Å²) in [5.74, 6) is -0.324. The van der Waals surface area contributed by atoms with Crippen LogP contribution in [0.25, 0.3) is 10.8 Å². The number of amides is 1. The van der Waals surface area contributed by atoms with Crippen LogP contribution in [0.5, 0.6) is 0 Å². The van der Waals surface area contributed by atoms with E-state index < -0.39 is 10.0 Å². The van der Waals surface area contributed by atoms with Gasteiger partial charge in [-0.05, 0) is 36.8 Å². The molecule has 8 nitrogen and oxygen atoms in total. The highest BCUT2D eigenvalue weighted by atomic mass is 32.2. The van der Waals surface area contributed by atoms with Gasteiger partial charge in [0.25, 0.3) is 5.56 Å². The summed E-state index contributed by atoms with van der Waals surface area (Å²) in [4.78, 5) is 24.5. The summed E-state index contributed by atoms with van der Waals surface area (Å²) in [7, 11) is -2.00. The number of hydrogen-bond acceptors (Lipinski definition) is 5. The van der Waals surface area contributed by atoms with Crippen molar-refractivity contribution in [2.24, 2.45) is 0 Å². The summed E-state index contributed by atoms with van der Waals surface area (Å²) in [5.41, 5.74) is 0.624. The lowest BCUT2D eigenvalue weighted by Crippen LogP contribution is -2.27. The van der Waals surface area contributed by atoms with Crippen LogP contribution in [0, 0.1) is 0 Å². The second-order valence-electron chi connectivity index (χ2n) is 6.97. The maximum absolute atomic E-state index is 12.6. The largest absolute Gasteiger partial charge is 0.326 e. The number of unbranched alkanes of at least 4 members (excludes halogenated alkanes) is 1. The molecule has 0 aliphatic carbocycles. The van der Waals surface area contributed by atoms with Crippen molar-refractivity contribution in [3.63, 3.8) is 0 Å². The summed E-state index contributed by atoms with van der Waals surface area (Å²) in [6.07, 6.45) is 1.67. The van der Waals surface area contributed by atoms with Crippen LogP contribution in [0.1, 0.15) is 25.5 Å². The van der Waals surface area contributed by atoms with Crippen LogP contribution in [-0.2, 0) is 21.2 Å². The minimum absolute atomic E-state index is 0.0307. The number of H-pyrrole nitrogens is 1. The highest BCUT2D eigenvalue weighted by molar-refractivity contribution is 7.89. The number of nitrogens with zero attached hydrogens (tertiary/aromatic N) is 2. The van der Waals surface area contributed by atoms with Gasteiger partial charge in [0.1, 0.15) is 0 Å². The first-order valence-corrected chi connectivity index (χ1v) is 11.1. The van der Waals surface area contributed by atoms with Crippen molar-refractivity contribution in [2.75, 3.05) is 18.9 Å². The van der Waals surface area contributed by atoms with Gasteiger partial charge >= 0.3 is 0 Å². The molecule has 2 N–H and O–H groups in total. The minimum atomic E-state index is -3.56. The van der Waals surface area contributed by atoms with E-state index in [1.807, 2.05) is 6.92 Å². The highest BCUT2D eigenvalue weighted by Crippen LogP contribution is 2.19. The SMILES string of the molecule is CCCCN(C)S(=O)(=O)c1ccc(NC(=O)Cc2n[nH]c(=O)c3ccccc23)cc1. The molecule has 1 aromatic heterocycles. The summed E-state index contributed by atoms with van der Waals surface area (Å²) in [5, 5.41) is 10.2. The molecule has 1 amide bonds. The van der Waals surface area contributed by atoms with Crippen molar-refractivity contribution in [1.29, 1.82) is 0 Å². The Hall–Kier alpha value is -3.04. The monoisotopic (exact) mass is 428 g/mol. The molecule has 0 unspecified atom stereocenters. The van der Waals surface area contributed by atoms with Crippen LogP contribution in [0.2, 0.25) is 0 Å². The third kappa shape index (κ3) is 4.74. The third-order valence-electron chi connectivity index (χ3n) is 4.78. The number of aromatic nitrogens is 2. The van der Waals surface area contributed by atoms with Crippen molar-refractivity contribution >= 4 is 32.4 Å². The van der Waals surface area contributed by atoms with E-state index in [1.165, 1.54) is 16.4 Å². The Kier molecular flexibility index (Phi) is 6.63. The zero-order chi connectivity index (χ0) is 21.7. The number of rotatable bonds is 8. The fourth-order valence-electron chi connectivity index (χ4n) is 3.05. The lowest BCUT2D eigenvalue weighted by molar-refractivity contribution is -0.115. The highest BCUT2D eigenvalue weighted by Gasteiger charge is 2.20. The van der Waals surface area contributed by atoms with E-state index >= 15 is 0 Å². The summed E-state index contributed by atoms with van der Waals surface area (Å²) < 4.78 is 26.5. The molecule has 3 aromatic rings. The number of sulfonamides is 1. The second kappa shape index (κ2) is 9.19. The predicted octanol–water partition coefficient (Wildman–Crippen LogP) is 2.52. The van der Waals surface area contributed by atoms with Gasteiger partial charge in [-0.2, -0.15) is 5.10 Å². The smallest absolute Gasteiger partial charge is 0.272 e. The number of hydrogen-bond donors (Lipinski definition) is 2. The first kappa shape index (κ1) is 21.7. The Balaban J connectivity index is 1.71. The molecule has 3 rings (SSSR count). The van der Waals surface area contributed by atoms with E-state index in [1.54, 1.807) is 43.4 Å². The molecular formula is C21H24N4O4S. The number of carbonyl (C=O) groups is 1. The first-order chi connectivity index (χ1) is 14.3. The van der Waals surface area contributed by atoms with Crippen molar-refractivity contribution in [3.8, 4) is 0 Å². The number of anilines is 1. The van der Waals surface area contributed by atoms with E-state index in [2.05, 4.69) is 15.5 Å². The molecule has 30 heavy (non-hydrogen) atoms. The minimum Gasteiger partial charge on any atom is -0.326 e. The number of nitrogens with one attached hydrogen (secondary N) is 2. The van der Waals surface area contributed by atoms with Gasteiger partial charge in [-0.25, -0.2) is 17.8 Å². The molecule has 9 heteroatoms. The Morgan fingerprint density at radius 2 is 1.77 bits per heavy atom. The quantitative estimate of drug-likeness (QED) is 0.573. The normalized spacial score (nSPS) is 11.7. The summed E-state index contributed by atoms with van der Waals surface area (Å²) in [6, 6.07) is 13.0. The molecule has 0 saturated carbocycles. The molecule has 2 aromatic carbocycles. The molecule has 1 heterocycles. The maximum atomic E-state index is 12.6. The number of benzene rings is 2. The van der Waals surface area contributed by atoms with Crippen molar-refractivity contribution in [3.05, 3.63) is 64.6 Å². The Morgan fingerprint density at radius 1 is 1.10 bits per heavy atom. The molecule has 0 bridgehead atoms. The van der Waals surface area contributed by atoms with Crippen LogP contribution >= 0.6 is 0 Å². The molecule has 0 atom stereocenters. The second-order valence-corrected chi connectivity index (χ2v) is 9.02. The predicted molar refractivity (Wildman–Crippen MR) is 116 cm³/mol. The molecule has 0 aliphatic rings. The van der Waals surface area contributed by atoms with Gasteiger partial charge in [-0.15, -0.1) is 0 Å². The molecule has 0 spiro atoms. The fourth-order valence-corrected chi connectivity index (χ4v) is 4.26. The van der Waals surface area contributed by atoms with Crippen molar-refractivity contribution in [1.82, 2.24) is 14.5 Å². The van der Waals surface area contributed by atoms with E-state index in [0.717, 1.165) is 12.8 Å². The van der Waals surface area contributed by atoms with Crippen LogP contribution in [0.3, 0.4) is 0 Å². The van der Waals surface area contributed by atoms with Crippen molar-refractivity contribution in [2.45, 2.75) is 31.1 Å². The van der Waals surface area contributed by atoms with E-state index in [9.17, 15) is 18.0 Å². The Bertz CT molecular complexity index is 1200. The molecule has 158 valence electrons. The molecule has 0 radical (unpaired) electrons. The number of fused-ring (bicyclic) bond motifs is 1. The van der Waals surface area contributed by atoms with Gasteiger partial charge < -0.3 is 5.32 Å². The standard InChI is InChI=1S/C21H24N4O4S/c1-3-4-13-25(2)30(28,29)16-11-9-15(10-12-16)22-20(26)14-19-17-7-5-6-8-18(17)21(27)24-23-19/h5-12H,3-4,13-14H2,1-2H3,(H,22,26)(H,24,27). The third-order valence-corrected chi connectivity index (χ3v) is 6.65. The lowest BCUT2D eigenvalue weighted by Gasteiger charge is -2.17. The number of carbonyl (C=O) groups excluding carboxylic acids is 1. The van der Waals surface area contributed by atoms with Crippen molar-refractivity contribution < 1.29 is 13.2 Å². The molecular weight excluding hydrogens is 404 g/mol. The van der Waals surface area contributed by atoms with E-state index in [-0.39, 0.29) is 22.8 Å². The van der Waals surface area contributed by atoms with Gasteiger partial charge in [-0.3, -0.25) is 9.59 Å². The zero-order valence-electron chi connectivity index (χ0n) is 16.9. The van der Waals surface area contributed by atoms with Gasteiger partial charge in [-0.1, -0.05) is 31.5 Å². The summed E-state index contributed by atoms with van der Waals surface area (Å²) in [6.45, 7) is 2.46. The average molecular weight is 429 g/mol. The lowest BCUT2D eigenvalue weighted by atomic mass is 10.1. The average Bonchev–Trinajstić information content (AvgIpc) is 2.74. The fraction of sp³-hybridized carbons (Fsp3) is 0.286. The maximum Gasteiger partial charge on any atom is 0.272 e. The van der Waals surface area contributed by atoms with Gasteiger partial charge in [0.05, 0.1) is 22.4 Å². The Labute approximate surface area is 175 Å². The van der Waals surface area contributed by atoms with Crippen LogP contribution < -0.4 is 10.9 Å². The topological polar surface area (TPSA) is 112 Å². The van der Waals surface area contributed by atoms with Crippen LogP contribution in [-0.4, -0.2) is 42.4 Å². The van der Waals surface area contributed by atoms with E-state index in [4.69, 9.17) is 0 Å². The van der Waals surface area contributed by atoms with Gasteiger partial charge in [0.2, 0.25) is 15.9 Å². The number of aromatic amines is 1. The Morgan fingerprint density at radius 3 is 2.43 bits per heavy atom. The van der Waals surface area contributed by atoms with E-state index in [0.29, 0.717) is 28.7 Å². The molecule has 0 saturated heterocycles. The first-order valence-electron chi connectivity index (χ1n) is 9.65.